The largest absolute Gasteiger partial charge is 0.508 e. The highest BCUT2D eigenvalue weighted by Crippen LogP contribution is 2.25. The van der Waals surface area contributed by atoms with Crippen LogP contribution in [0.1, 0.15) is 12.5 Å². The second kappa shape index (κ2) is 2.21. The molecule has 2 heteroatoms. The number of phenolic OH excluding ortho intramolecular Hbond substituents is 2. The Balaban J connectivity index is 3.46. The highest BCUT2D eigenvalue weighted by molar-refractivity contribution is 5.44. The Labute approximate surface area is 61.2 Å². The fourth-order valence-corrected chi connectivity index (χ4v) is 0.857. The third-order valence-corrected chi connectivity index (χ3v) is 1.40. The van der Waals surface area contributed by atoms with Crippen molar-refractivity contribution in [2.24, 2.45) is 0 Å². The number of hydrogen-bond acceptors (Lipinski definition) is 2. The Bertz CT molecular complexity index is 268. The van der Waals surface area contributed by atoms with E-state index in [9.17, 15) is 5.11 Å². The van der Waals surface area contributed by atoms with Crippen LogP contribution >= 0.6 is 0 Å². The first-order valence-electron chi connectivity index (χ1n) is 3.52. The van der Waals surface area contributed by atoms with Gasteiger partial charge in [-0.25, -0.2) is 0 Å². The predicted octanol–water partition coefficient (Wildman–Crippen LogP) is 1.71. The summed E-state index contributed by atoms with van der Waals surface area (Å²) >= 11 is 0. The fraction of sp³-hybridized carbons (Fsp3) is 0.250. The summed E-state index contributed by atoms with van der Waals surface area (Å²) in [7, 11) is 0. The summed E-state index contributed by atoms with van der Waals surface area (Å²) in [5.41, 5.74) is 1.01. The molecule has 1 rings (SSSR count). The van der Waals surface area contributed by atoms with E-state index < -0.39 is 0 Å². The van der Waals surface area contributed by atoms with Crippen LogP contribution in [0.3, 0.4) is 0 Å². The van der Waals surface area contributed by atoms with Gasteiger partial charge in [-0.05, 0) is 37.1 Å². The minimum Gasteiger partial charge on any atom is -0.508 e. The van der Waals surface area contributed by atoms with Crippen LogP contribution in [-0.4, -0.2) is 10.2 Å². The van der Waals surface area contributed by atoms with Crippen LogP contribution in [0.4, 0.5) is 0 Å². The van der Waals surface area contributed by atoms with Crippen molar-refractivity contribution in [3.63, 3.8) is 0 Å². The molecule has 10 heavy (non-hydrogen) atoms. The molecule has 0 spiro atoms. The topological polar surface area (TPSA) is 40.5 Å². The van der Waals surface area contributed by atoms with Crippen LogP contribution in [0.15, 0.2) is 12.1 Å². The van der Waals surface area contributed by atoms with Gasteiger partial charge in [0, 0.05) is 0 Å². The fourth-order valence-electron chi connectivity index (χ4n) is 0.857. The first-order chi connectivity index (χ1) is 5.04. The lowest BCUT2D eigenvalue weighted by Crippen LogP contribution is -1.78. The minimum atomic E-state index is -0.0854. The van der Waals surface area contributed by atoms with E-state index in [2.05, 4.69) is 0 Å². The summed E-state index contributed by atoms with van der Waals surface area (Å²) in [6, 6.07) is 1.37. The maximum absolute atomic E-state index is 9.28. The van der Waals surface area contributed by atoms with Crippen LogP contribution in [-0.2, 0) is 0 Å². The molecule has 0 atom stereocenters. The van der Waals surface area contributed by atoms with E-state index in [1.807, 2.05) is 0 Å². The molecular formula is C8H10O2. The van der Waals surface area contributed by atoms with Gasteiger partial charge in [0.2, 0.25) is 0 Å². The normalized spacial score (nSPS) is 11.2. The van der Waals surface area contributed by atoms with Gasteiger partial charge >= 0.3 is 0 Å². The van der Waals surface area contributed by atoms with Crippen LogP contribution in [0.5, 0.6) is 11.5 Å². The van der Waals surface area contributed by atoms with Crippen molar-refractivity contribution in [3.8, 4) is 11.5 Å². The SMILES string of the molecule is [2H]c1c(O)cc(C)c(O)c1C. The van der Waals surface area contributed by atoms with Crippen LogP contribution in [0, 0.1) is 13.8 Å². The minimum absolute atomic E-state index is 0.00639. The summed E-state index contributed by atoms with van der Waals surface area (Å²) in [5, 5.41) is 18.4. The molecule has 0 heterocycles. The van der Waals surface area contributed by atoms with E-state index in [0.29, 0.717) is 11.1 Å². The van der Waals surface area contributed by atoms with E-state index >= 15 is 0 Å². The number of benzene rings is 1. The lowest BCUT2D eigenvalue weighted by molar-refractivity contribution is 0.453. The monoisotopic (exact) mass is 139 g/mol. The van der Waals surface area contributed by atoms with Gasteiger partial charge in [-0.3, -0.25) is 0 Å². The lowest BCUT2D eigenvalue weighted by atomic mass is 10.1. The van der Waals surface area contributed by atoms with Gasteiger partial charge in [0.25, 0.3) is 0 Å². The van der Waals surface area contributed by atoms with E-state index in [-0.39, 0.29) is 17.5 Å². The van der Waals surface area contributed by atoms with E-state index in [0.717, 1.165) is 0 Å². The third kappa shape index (κ3) is 1.05. The van der Waals surface area contributed by atoms with Crippen LogP contribution < -0.4 is 0 Å². The molecule has 1 aromatic rings. The van der Waals surface area contributed by atoms with Crippen molar-refractivity contribution in [1.29, 1.82) is 0 Å². The molecule has 0 amide bonds. The molecule has 2 nitrogen and oxygen atoms in total. The van der Waals surface area contributed by atoms with Gasteiger partial charge in [-0.1, -0.05) is 0 Å². The van der Waals surface area contributed by atoms with Gasteiger partial charge in [-0.15, -0.1) is 0 Å². The average molecular weight is 139 g/mol. The zero-order valence-electron chi connectivity index (χ0n) is 6.97. The Morgan fingerprint density at radius 3 is 2.50 bits per heavy atom. The van der Waals surface area contributed by atoms with Gasteiger partial charge in [-0.2, -0.15) is 0 Å². The third-order valence-electron chi connectivity index (χ3n) is 1.40. The predicted molar refractivity (Wildman–Crippen MR) is 39.2 cm³/mol. The van der Waals surface area contributed by atoms with E-state index in [1.165, 1.54) is 6.07 Å². The average Bonchev–Trinajstić information content (AvgIpc) is 1.97. The molecular weight excluding hydrogens is 128 g/mol. The molecule has 0 aliphatic rings. The number of phenols is 2. The maximum atomic E-state index is 9.28. The Morgan fingerprint density at radius 2 is 1.90 bits per heavy atom. The first kappa shape index (κ1) is 5.59. The molecule has 0 radical (unpaired) electrons. The molecule has 0 fully saturated rings. The van der Waals surface area contributed by atoms with Crippen molar-refractivity contribution in [3.05, 3.63) is 23.2 Å². The maximum Gasteiger partial charge on any atom is 0.121 e. The summed E-state index contributed by atoms with van der Waals surface area (Å²) in [6.07, 6.45) is 0. The standard InChI is InChI=1S/C8H10O2/c1-5-3-7(9)4-6(2)8(5)10/h3-4,9-10H,1-2H3/i3D. The number of hydrogen-bond donors (Lipinski definition) is 2. The highest BCUT2D eigenvalue weighted by Gasteiger charge is 2.00. The van der Waals surface area contributed by atoms with Crippen molar-refractivity contribution >= 4 is 0 Å². The van der Waals surface area contributed by atoms with Crippen molar-refractivity contribution < 1.29 is 11.6 Å². The van der Waals surface area contributed by atoms with E-state index in [4.69, 9.17) is 6.48 Å². The van der Waals surface area contributed by atoms with Gasteiger partial charge < -0.3 is 10.2 Å². The zero-order chi connectivity index (χ0) is 8.59. The quantitative estimate of drug-likeness (QED) is 0.537. The molecule has 2 N–H and O–H groups in total. The molecule has 0 aliphatic heterocycles. The van der Waals surface area contributed by atoms with Gasteiger partial charge in [0.1, 0.15) is 11.5 Å². The number of rotatable bonds is 0. The smallest absolute Gasteiger partial charge is 0.121 e. The Hall–Kier alpha value is -1.18. The number of aryl methyl sites for hydroxylation is 1. The Kier molecular flexibility index (Phi) is 1.24. The van der Waals surface area contributed by atoms with E-state index in [1.54, 1.807) is 13.8 Å². The van der Waals surface area contributed by atoms with Crippen molar-refractivity contribution in [2.45, 2.75) is 13.8 Å². The molecule has 0 saturated heterocycles. The lowest BCUT2D eigenvalue weighted by Gasteiger charge is -2.02. The van der Waals surface area contributed by atoms with Crippen LogP contribution in [0.2, 0.25) is 0 Å². The second-order valence-corrected chi connectivity index (χ2v) is 2.31. The van der Waals surface area contributed by atoms with Crippen LogP contribution in [0.25, 0.3) is 0 Å². The molecule has 0 bridgehead atoms. The highest BCUT2D eigenvalue weighted by atomic mass is 16.3. The second-order valence-electron chi connectivity index (χ2n) is 2.31. The van der Waals surface area contributed by atoms with Crippen molar-refractivity contribution in [1.82, 2.24) is 0 Å². The molecule has 54 valence electrons. The first-order valence-corrected chi connectivity index (χ1v) is 3.02. The summed E-state index contributed by atoms with van der Waals surface area (Å²) in [4.78, 5) is 0. The molecule has 0 unspecified atom stereocenters. The van der Waals surface area contributed by atoms with Gasteiger partial charge in [0.15, 0.2) is 0 Å². The molecule has 0 aromatic heterocycles. The van der Waals surface area contributed by atoms with Gasteiger partial charge in [0.05, 0.1) is 1.37 Å². The zero-order valence-corrected chi connectivity index (χ0v) is 5.97. The van der Waals surface area contributed by atoms with Crippen molar-refractivity contribution in [2.75, 3.05) is 0 Å². The summed E-state index contributed by atoms with van der Waals surface area (Å²) < 4.78 is 7.27. The Morgan fingerprint density at radius 1 is 1.30 bits per heavy atom. The molecule has 0 saturated carbocycles. The summed E-state index contributed by atoms with van der Waals surface area (Å²) in [6.45, 7) is 3.28. The molecule has 0 aliphatic carbocycles. The molecule has 1 aromatic carbocycles. The summed E-state index contributed by atoms with van der Waals surface area (Å²) in [5.74, 6) is 0.00519. The number of aromatic hydroxyl groups is 2.